The fourth-order valence-corrected chi connectivity index (χ4v) is 5.03. The maximum Gasteiger partial charge on any atom is 0.227 e. The van der Waals surface area contributed by atoms with Crippen molar-refractivity contribution < 1.29 is 9.13 Å². The molecule has 1 aromatic heterocycles. The molecule has 0 N–H and O–H groups in total. The van der Waals surface area contributed by atoms with Crippen molar-refractivity contribution in [3.05, 3.63) is 46.4 Å². The summed E-state index contributed by atoms with van der Waals surface area (Å²) in [5, 5.41) is 0. The molecular weight excluding hydrogens is 405 g/mol. The van der Waals surface area contributed by atoms with Crippen LogP contribution < -0.4 is 9.80 Å². The average Bonchev–Trinajstić information content (AvgIpc) is 2.82. The van der Waals surface area contributed by atoms with Gasteiger partial charge in [-0.05, 0) is 31.7 Å². The summed E-state index contributed by atoms with van der Waals surface area (Å²) in [5.41, 5.74) is 4.23. The van der Waals surface area contributed by atoms with Gasteiger partial charge in [0.1, 0.15) is 11.6 Å². The van der Waals surface area contributed by atoms with Crippen LogP contribution in [0.25, 0.3) is 0 Å². The first-order chi connectivity index (χ1) is 15.6. The van der Waals surface area contributed by atoms with Crippen LogP contribution in [0.15, 0.2) is 18.2 Å². The van der Waals surface area contributed by atoms with Gasteiger partial charge in [0.2, 0.25) is 5.95 Å². The zero-order valence-corrected chi connectivity index (χ0v) is 19.3. The molecule has 0 aliphatic carbocycles. The number of hydrogen-bond donors (Lipinski definition) is 0. The molecule has 0 atom stereocenters. The van der Waals surface area contributed by atoms with Crippen molar-refractivity contribution in [1.29, 1.82) is 0 Å². The molecule has 0 spiro atoms. The van der Waals surface area contributed by atoms with Crippen LogP contribution in [-0.2, 0) is 24.2 Å². The molecule has 2 aromatic rings. The van der Waals surface area contributed by atoms with Gasteiger partial charge in [-0.1, -0.05) is 24.6 Å². The molecule has 3 aliphatic rings. The molecule has 3 aliphatic heterocycles. The second-order valence-corrected chi connectivity index (χ2v) is 9.60. The lowest BCUT2D eigenvalue weighted by Crippen LogP contribution is -2.41. The zero-order valence-electron chi connectivity index (χ0n) is 19.3. The fraction of sp³-hybridized carbons (Fsp3) is 0.600. The van der Waals surface area contributed by atoms with Crippen molar-refractivity contribution in [1.82, 2.24) is 14.9 Å². The molecule has 6 nitrogen and oxygen atoms in total. The highest BCUT2D eigenvalue weighted by atomic mass is 19.1. The number of aromatic nitrogens is 2. The number of aryl methyl sites for hydroxylation is 1. The van der Waals surface area contributed by atoms with Crippen LogP contribution in [0.1, 0.15) is 42.1 Å². The number of benzene rings is 1. The van der Waals surface area contributed by atoms with E-state index in [1.165, 1.54) is 18.4 Å². The lowest BCUT2D eigenvalue weighted by Gasteiger charge is -2.36. The molecule has 32 heavy (non-hydrogen) atoms. The minimum atomic E-state index is -0.124. The largest absolute Gasteiger partial charge is 0.378 e. The van der Waals surface area contributed by atoms with Crippen molar-refractivity contribution in [2.24, 2.45) is 5.92 Å². The highest BCUT2D eigenvalue weighted by Crippen LogP contribution is 2.31. The van der Waals surface area contributed by atoms with E-state index in [0.717, 1.165) is 93.4 Å². The van der Waals surface area contributed by atoms with Gasteiger partial charge in [0.25, 0.3) is 0 Å². The molecular formula is C25H34FN5O. The first-order valence-electron chi connectivity index (χ1n) is 12.0. The Morgan fingerprint density at radius 1 is 1.03 bits per heavy atom. The van der Waals surface area contributed by atoms with Crippen LogP contribution in [0.2, 0.25) is 0 Å². The molecule has 2 saturated heterocycles. The number of fused-ring (bicyclic) bond motifs is 1. The summed E-state index contributed by atoms with van der Waals surface area (Å²) < 4.78 is 20.0. The second kappa shape index (κ2) is 9.32. The number of morpholine rings is 1. The summed E-state index contributed by atoms with van der Waals surface area (Å²) in [7, 11) is 0. The lowest BCUT2D eigenvalue weighted by atomic mass is 9.99. The summed E-state index contributed by atoms with van der Waals surface area (Å²) >= 11 is 0. The predicted molar refractivity (Wildman–Crippen MR) is 125 cm³/mol. The van der Waals surface area contributed by atoms with E-state index in [1.54, 1.807) is 6.07 Å². The van der Waals surface area contributed by atoms with Gasteiger partial charge in [-0.25, -0.2) is 9.37 Å². The third-order valence-electron chi connectivity index (χ3n) is 7.08. The van der Waals surface area contributed by atoms with Gasteiger partial charge in [0, 0.05) is 63.4 Å². The summed E-state index contributed by atoms with van der Waals surface area (Å²) in [6, 6.07) is 5.37. The van der Waals surface area contributed by atoms with Gasteiger partial charge in [-0.15, -0.1) is 0 Å². The summed E-state index contributed by atoms with van der Waals surface area (Å²) in [6.45, 7) is 11.8. The van der Waals surface area contributed by atoms with Gasteiger partial charge in [-0.3, -0.25) is 4.90 Å². The monoisotopic (exact) mass is 439 g/mol. The Hall–Kier alpha value is -2.25. The number of anilines is 2. The molecule has 4 heterocycles. The van der Waals surface area contributed by atoms with E-state index < -0.39 is 0 Å². The highest BCUT2D eigenvalue weighted by molar-refractivity contribution is 5.54. The fourth-order valence-electron chi connectivity index (χ4n) is 5.03. The second-order valence-electron chi connectivity index (χ2n) is 9.60. The van der Waals surface area contributed by atoms with Crippen LogP contribution in [-0.4, -0.2) is 60.8 Å². The van der Waals surface area contributed by atoms with E-state index >= 15 is 0 Å². The van der Waals surface area contributed by atoms with Crippen LogP contribution in [0, 0.1) is 18.7 Å². The maximum atomic E-state index is 14.4. The molecule has 0 radical (unpaired) electrons. The van der Waals surface area contributed by atoms with E-state index in [9.17, 15) is 4.39 Å². The third-order valence-corrected chi connectivity index (χ3v) is 7.08. The minimum Gasteiger partial charge on any atom is -0.378 e. The third kappa shape index (κ3) is 4.59. The summed E-state index contributed by atoms with van der Waals surface area (Å²) in [6.07, 6.45) is 3.27. The maximum absolute atomic E-state index is 14.4. The topological polar surface area (TPSA) is 44.7 Å². The normalized spacial score (nSPS) is 20.5. The molecule has 0 bridgehead atoms. The summed E-state index contributed by atoms with van der Waals surface area (Å²) in [5.74, 6) is 2.59. The van der Waals surface area contributed by atoms with Gasteiger partial charge in [-0.2, -0.15) is 4.98 Å². The Morgan fingerprint density at radius 3 is 2.59 bits per heavy atom. The van der Waals surface area contributed by atoms with Crippen LogP contribution >= 0.6 is 0 Å². The molecule has 0 unspecified atom stereocenters. The number of halogens is 1. The first-order valence-corrected chi connectivity index (χ1v) is 12.0. The van der Waals surface area contributed by atoms with Gasteiger partial charge in [0.15, 0.2) is 0 Å². The van der Waals surface area contributed by atoms with Crippen molar-refractivity contribution in [2.45, 2.75) is 46.2 Å². The Balaban J connectivity index is 1.43. The van der Waals surface area contributed by atoms with Crippen molar-refractivity contribution in [3.8, 4) is 0 Å². The van der Waals surface area contributed by atoms with Crippen molar-refractivity contribution in [2.75, 3.05) is 55.7 Å². The molecule has 172 valence electrons. The van der Waals surface area contributed by atoms with Crippen molar-refractivity contribution >= 4 is 11.8 Å². The van der Waals surface area contributed by atoms with Crippen molar-refractivity contribution in [3.63, 3.8) is 0 Å². The first kappa shape index (κ1) is 21.6. The minimum absolute atomic E-state index is 0.124. The molecule has 0 amide bonds. The number of rotatable bonds is 4. The number of hydrogen-bond acceptors (Lipinski definition) is 6. The van der Waals surface area contributed by atoms with E-state index in [-0.39, 0.29) is 5.82 Å². The number of ether oxygens (including phenoxy) is 1. The zero-order chi connectivity index (χ0) is 22.1. The van der Waals surface area contributed by atoms with E-state index in [2.05, 4.69) is 21.6 Å². The summed E-state index contributed by atoms with van der Waals surface area (Å²) in [4.78, 5) is 17.2. The Kier molecular flexibility index (Phi) is 6.28. The van der Waals surface area contributed by atoms with E-state index in [0.29, 0.717) is 6.54 Å². The van der Waals surface area contributed by atoms with Gasteiger partial charge in [0.05, 0.1) is 18.9 Å². The Bertz CT molecular complexity index is 954. The molecule has 5 rings (SSSR count). The molecule has 1 aromatic carbocycles. The van der Waals surface area contributed by atoms with Gasteiger partial charge >= 0.3 is 0 Å². The average molecular weight is 440 g/mol. The predicted octanol–water partition coefficient (Wildman–Crippen LogP) is 3.56. The lowest BCUT2D eigenvalue weighted by molar-refractivity contribution is 0.122. The molecule has 7 heteroatoms. The molecule has 0 saturated carbocycles. The number of nitrogens with zero attached hydrogens (tertiary/aromatic N) is 5. The highest BCUT2D eigenvalue weighted by Gasteiger charge is 2.28. The van der Waals surface area contributed by atoms with E-state index in [1.807, 2.05) is 19.1 Å². The van der Waals surface area contributed by atoms with Crippen LogP contribution in [0.3, 0.4) is 0 Å². The Labute approximate surface area is 190 Å². The smallest absolute Gasteiger partial charge is 0.227 e. The molecule has 2 fully saturated rings. The quantitative estimate of drug-likeness (QED) is 0.726. The SMILES string of the molecule is Cc1ccc(F)c(CN2CCc3nc(N4CCC(C)CC4)nc(N4CCOCC4)c3C2)c1. The van der Waals surface area contributed by atoms with Gasteiger partial charge < -0.3 is 14.5 Å². The van der Waals surface area contributed by atoms with E-state index in [4.69, 9.17) is 14.7 Å². The number of piperidine rings is 1. The van der Waals surface area contributed by atoms with Crippen LogP contribution in [0.5, 0.6) is 0 Å². The van der Waals surface area contributed by atoms with Crippen LogP contribution in [0.4, 0.5) is 16.2 Å². The Morgan fingerprint density at radius 2 is 1.81 bits per heavy atom. The standard InChI is InChI=1S/C25H34FN5O/c1-18-5-9-31(10-6-18)25-27-23-7-8-29(16-20-15-19(2)3-4-22(20)26)17-21(23)24(28-25)30-11-13-32-14-12-30/h3-4,15,18H,5-14,16-17H2,1-2H3.